The van der Waals surface area contributed by atoms with Crippen molar-refractivity contribution in [3.63, 3.8) is 0 Å². The number of likely N-dealkylation sites (N-methyl/N-ethyl adjacent to an activating group) is 1. The zero-order valence-electron chi connectivity index (χ0n) is 16.1. The van der Waals surface area contributed by atoms with Gasteiger partial charge in [-0.15, -0.1) is 0 Å². The van der Waals surface area contributed by atoms with Gasteiger partial charge in [-0.05, 0) is 23.2 Å². The summed E-state index contributed by atoms with van der Waals surface area (Å²) >= 11 is 0. The zero-order chi connectivity index (χ0) is 18.5. The molecule has 1 aliphatic heterocycles. The van der Waals surface area contributed by atoms with Gasteiger partial charge in [0.2, 0.25) is 0 Å². The van der Waals surface area contributed by atoms with E-state index in [1.165, 1.54) is 16.7 Å². The van der Waals surface area contributed by atoms with Crippen LogP contribution in [0, 0.1) is 0 Å². The first-order valence-corrected chi connectivity index (χ1v) is 9.99. The highest BCUT2D eigenvalue weighted by atomic mass is 15.3. The van der Waals surface area contributed by atoms with Crippen LogP contribution in [0.4, 0.5) is 0 Å². The highest BCUT2D eigenvalue weighted by Crippen LogP contribution is 2.42. The SMILES string of the molecule is CCN1CCN(C(c2ccccc2)(c2ccccc2)c2ccccc2)CC1. The van der Waals surface area contributed by atoms with Crippen molar-refractivity contribution in [3.8, 4) is 0 Å². The summed E-state index contributed by atoms with van der Waals surface area (Å²) in [7, 11) is 0. The van der Waals surface area contributed by atoms with Gasteiger partial charge in [0.15, 0.2) is 0 Å². The smallest absolute Gasteiger partial charge is 0.0973 e. The Morgan fingerprint density at radius 3 is 1.30 bits per heavy atom. The molecule has 2 nitrogen and oxygen atoms in total. The molecular weight excluding hydrogens is 328 g/mol. The van der Waals surface area contributed by atoms with Gasteiger partial charge in [-0.25, -0.2) is 0 Å². The Balaban J connectivity index is 1.93. The molecule has 0 bridgehead atoms. The molecule has 0 atom stereocenters. The molecule has 3 aromatic carbocycles. The van der Waals surface area contributed by atoms with Gasteiger partial charge in [0, 0.05) is 26.2 Å². The molecule has 0 N–H and O–H groups in total. The maximum atomic E-state index is 2.68. The van der Waals surface area contributed by atoms with Crippen LogP contribution in [0.1, 0.15) is 23.6 Å². The molecule has 0 aliphatic carbocycles. The van der Waals surface area contributed by atoms with E-state index in [-0.39, 0.29) is 5.54 Å². The van der Waals surface area contributed by atoms with E-state index in [4.69, 9.17) is 0 Å². The summed E-state index contributed by atoms with van der Waals surface area (Å²) in [5.41, 5.74) is 3.76. The standard InChI is InChI=1S/C25H28N2/c1-2-26-18-20-27(21-19-26)25(22-12-6-3-7-13-22,23-14-8-4-9-15-23)24-16-10-5-11-17-24/h3-17H,2,18-21H2,1H3. The Morgan fingerprint density at radius 2 is 0.963 bits per heavy atom. The highest BCUT2D eigenvalue weighted by Gasteiger charge is 2.42. The molecule has 0 saturated carbocycles. The minimum atomic E-state index is -0.260. The fraction of sp³-hybridized carbons (Fsp3) is 0.280. The average molecular weight is 357 g/mol. The van der Waals surface area contributed by atoms with Crippen molar-refractivity contribution in [3.05, 3.63) is 108 Å². The summed E-state index contributed by atoms with van der Waals surface area (Å²) in [6.07, 6.45) is 0. The maximum Gasteiger partial charge on any atom is 0.0973 e. The van der Waals surface area contributed by atoms with E-state index in [1.54, 1.807) is 0 Å². The quantitative estimate of drug-likeness (QED) is 0.616. The first-order chi connectivity index (χ1) is 13.4. The second-order valence-electron chi connectivity index (χ2n) is 7.23. The molecular formula is C25H28N2. The van der Waals surface area contributed by atoms with Crippen LogP contribution in [0.25, 0.3) is 0 Å². The predicted molar refractivity (Wildman–Crippen MR) is 113 cm³/mol. The summed E-state index contributed by atoms with van der Waals surface area (Å²) in [6.45, 7) is 7.74. The number of piperazine rings is 1. The van der Waals surface area contributed by atoms with E-state index < -0.39 is 0 Å². The van der Waals surface area contributed by atoms with Crippen LogP contribution in [-0.2, 0) is 5.54 Å². The number of hydrogen-bond acceptors (Lipinski definition) is 2. The van der Waals surface area contributed by atoms with E-state index in [1.807, 2.05) is 0 Å². The lowest BCUT2D eigenvalue weighted by Gasteiger charge is -2.49. The third kappa shape index (κ3) is 3.31. The number of hydrogen-bond donors (Lipinski definition) is 0. The van der Waals surface area contributed by atoms with Crippen LogP contribution in [0.15, 0.2) is 91.0 Å². The molecule has 0 amide bonds. The molecule has 1 fully saturated rings. The Hall–Kier alpha value is -2.42. The van der Waals surface area contributed by atoms with Crippen molar-refractivity contribution < 1.29 is 0 Å². The fourth-order valence-corrected chi connectivity index (χ4v) is 4.49. The third-order valence-electron chi connectivity index (χ3n) is 5.87. The van der Waals surface area contributed by atoms with Crippen LogP contribution in [0.5, 0.6) is 0 Å². The minimum Gasteiger partial charge on any atom is -0.301 e. The van der Waals surface area contributed by atoms with Crippen molar-refractivity contribution in [1.29, 1.82) is 0 Å². The fourth-order valence-electron chi connectivity index (χ4n) is 4.49. The van der Waals surface area contributed by atoms with Gasteiger partial charge in [-0.1, -0.05) is 97.9 Å². The van der Waals surface area contributed by atoms with E-state index in [2.05, 4.69) is 108 Å². The maximum absolute atomic E-state index is 2.68. The first kappa shape index (κ1) is 18.0. The van der Waals surface area contributed by atoms with Gasteiger partial charge in [-0.2, -0.15) is 0 Å². The predicted octanol–water partition coefficient (Wildman–Crippen LogP) is 4.62. The van der Waals surface area contributed by atoms with Crippen LogP contribution >= 0.6 is 0 Å². The zero-order valence-corrected chi connectivity index (χ0v) is 16.1. The monoisotopic (exact) mass is 356 g/mol. The second-order valence-corrected chi connectivity index (χ2v) is 7.23. The van der Waals surface area contributed by atoms with Crippen LogP contribution < -0.4 is 0 Å². The average Bonchev–Trinajstić information content (AvgIpc) is 2.77. The summed E-state index contributed by atoms with van der Waals surface area (Å²) in [4.78, 5) is 5.22. The van der Waals surface area contributed by atoms with Gasteiger partial charge < -0.3 is 4.90 Å². The lowest BCUT2D eigenvalue weighted by Crippen LogP contribution is -2.56. The molecule has 27 heavy (non-hydrogen) atoms. The van der Waals surface area contributed by atoms with Gasteiger partial charge in [-0.3, -0.25) is 4.90 Å². The van der Waals surface area contributed by atoms with Crippen molar-refractivity contribution in [2.45, 2.75) is 12.5 Å². The molecule has 138 valence electrons. The molecule has 1 saturated heterocycles. The molecule has 1 heterocycles. The summed E-state index contributed by atoms with van der Waals surface area (Å²) < 4.78 is 0. The molecule has 0 aromatic heterocycles. The topological polar surface area (TPSA) is 6.48 Å². The Labute approximate surface area is 163 Å². The minimum absolute atomic E-state index is 0.260. The number of nitrogens with zero attached hydrogens (tertiary/aromatic N) is 2. The van der Waals surface area contributed by atoms with Crippen LogP contribution in [-0.4, -0.2) is 42.5 Å². The van der Waals surface area contributed by atoms with Crippen LogP contribution in [0.3, 0.4) is 0 Å². The number of benzene rings is 3. The third-order valence-corrected chi connectivity index (χ3v) is 5.87. The van der Waals surface area contributed by atoms with Gasteiger partial charge >= 0.3 is 0 Å². The van der Waals surface area contributed by atoms with E-state index >= 15 is 0 Å². The highest BCUT2D eigenvalue weighted by molar-refractivity contribution is 5.49. The second kappa shape index (κ2) is 8.08. The first-order valence-electron chi connectivity index (χ1n) is 9.99. The number of rotatable bonds is 5. The summed E-state index contributed by atoms with van der Waals surface area (Å²) in [5.74, 6) is 0. The van der Waals surface area contributed by atoms with Crippen molar-refractivity contribution >= 4 is 0 Å². The van der Waals surface area contributed by atoms with Crippen molar-refractivity contribution in [1.82, 2.24) is 9.80 Å². The molecule has 4 rings (SSSR count). The van der Waals surface area contributed by atoms with Gasteiger partial charge in [0.1, 0.15) is 0 Å². The van der Waals surface area contributed by atoms with Crippen molar-refractivity contribution in [2.75, 3.05) is 32.7 Å². The normalized spacial score (nSPS) is 16.3. The summed E-state index contributed by atoms with van der Waals surface area (Å²) in [5, 5.41) is 0. The van der Waals surface area contributed by atoms with Gasteiger partial charge in [0.05, 0.1) is 5.54 Å². The van der Waals surface area contributed by atoms with E-state index in [9.17, 15) is 0 Å². The molecule has 0 radical (unpaired) electrons. The molecule has 3 aromatic rings. The Bertz CT molecular complexity index is 725. The Kier molecular flexibility index (Phi) is 5.38. The Morgan fingerprint density at radius 1 is 0.593 bits per heavy atom. The molecule has 1 aliphatic rings. The van der Waals surface area contributed by atoms with E-state index in [0.717, 1.165) is 32.7 Å². The lowest BCUT2D eigenvalue weighted by atomic mass is 9.75. The van der Waals surface area contributed by atoms with Gasteiger partial charge in [0.25, 0.3) is 0 Å². The largest absolute Gasteiger partial charge is 0.301 e. The van der Waals surface area contributed by atoms with Crippen LogP contribution in [0.2, 0.25) is 0 Å². The molecule has 2 heteroatoms. The molecule has 0 spiro atoms. The lowest BCUT2D eigenvalue weighted by molar-refractivity contribution is 0.0758. The molecule has 0 unspecified atom stereocenters. The van der Waals surface area contributed by atoms with Crippen molar-refractivity contribution in [2.24, 2.45) is 0 Å². The summed E-state index contributed by atoms with van der Waals surface area (Å²) in [6, 6.07) is 33.0. The van der Waals surface area contributed by atoms with E-state index in [0.29, 0.717) is 0 Å².